The molecule has 2 aromatic rings. The topological polar surface area (TPSA) is 108 Å². The molecule has 1 saturated heterocycles. The summed E-state index contributed by atoms with van der Waals surface area (Å²) in [5, 5.41) is 12.6. The fraction of sp³-hybridized carbons (Fsp3) is 0.516. The van der Waals surface area contributed by atoms with Gasteiger partial charge in [0, 0.05) is 6.54 Å². The third-order valence-corrected chi connectivity index (χ3v) is 7.70. The Morgan fingerprint density at radius 1 is 1.07 bits per heavy atom. The molecule has 0 saturated carbocycles. The molecule has 0 bridgehead atoms. The molecule has 9 heteroatoms. The van der Waals surface area contributed by atoms with E-state index in [1.165, 1.54) is 23.3 Å². The van der Waals surface area contributed by atoms with Crippen LogP contribution in [0.25, 0.3) is 0 Å². The van der Waals surface area contributed by atoms with Crippen LogP contribution in [-0.2, 0) is 25.7 Å². The Morgan fingerprint density at radius 2 is 1.80 bits per heavy atom. The predicted molar refractivity (Wildman–Crippen MR) is 152 cm³/mol. The largest absolute Gasteiger partial charge is 0.489 e. The molecule has 2 aliphatic rings. The lowest BCUT2D eigenvalue weighted by molar-refractivity contribution is -0.146. The van der Waals surface area contributed by atoms with Gasteiger partial charge in [-0.1, -0.05) is 61.7 Å². The second kappa shape index (κ2) is 14.8. The molecule has 40 heavy (non-hydrogen) atoms. The minimum Gasteiger partial charge on any atom is -0.489 e. The zero-order valence-corrected chi connectivity index (χ0v) is 23.3. The summed E-state index contributed by atoms with van der Waals surface area (Å²) >= 11 is 0. The highest BCUT2D eigenvalue weighted by atomic mass is 16.5. The molecule has 0 aromatic heterocycles. The van der Waals surface area contributed by atoms with Crippen LogP contribution in [0, 0.1) is 5.92 Å². The van der Waals surface area contributed by atoms with Crippen molar-refractivity contribution in [3.63, 3.8) is 0 Å². The summed E-state index contributed by atoms with van der Waals surface area (Å²) in [5.41, 5.74) is 1.76. The summed E-state index contributed by atoms with van der Waals surface area (Å²) < 4.78 is 11.2. The summed E-state index contributed by atoms with van der Waals surface area (Å²) in [5.74, 6) is -0.860. The van der Waals surface area contributed by atoms with Crippen LogP contribution in [0.2, 0.25) is 0 Å². The number of hydrogen-bond acceptors (Lipinski definition) is 7. The number of piperidine rings is 1. The van der Waals surface area contributed by atoms with Crippen LogP contribution in [0.1, 0.15) is 51.0 Å². The van der Waals surface area contributed by atoms with Gasteiger partial charge in [-0.05, 0) is 62.9 Å². The first-order chi connectivity index (χ1) is 19.4. The summed E-state index contributed by atoms with van der Waals surface area (Å²) in [6.45, 7) is 4.69. The normalized spacial score (nSPS) is 18.9. The number of likely N-dealkylation sites (tertiary alicyclic amines) is 1. The van der Waals surface area contributed by atoms with Crippen LogP contribution in [0.5, 0.6) is 5.75 Å². The van der Waals surface area contributed by atoms with Gasteiger partial charge in [0.2, 0.25) is 5.91 Å². The Kier molecular flexibility index (Phi) is 10.9. The molecule has 0 spiro atoms. The number of para-hydroxylation sites is 2. The molecule has 0 radical (unpaired) electrons. The zero-order valence-electron chi connectivity index (χ0n) is 23.3. The highest BCUT2D eigenvalue weighted by Gasteiger charge is 2.35. The van der Waals surface area contributed by atoms with Gasteiger partial charge in [0.15, 0.2) is 0 Å². The van der Waals surface area contributed by atoms with Crippen LogP contribution in [0.3, 0.4) is 0 Å². The van der Waals surface area contributed by atoms with E-state index in [9.17, 15) is 19.5 Å². The van der Waals surface area contributed by atoms with E-state index in [0.717, 1.165) is 38.9 Å². The summed E-state index contributed by atoms with van der Waals surface area (Å²) in [6, 6.07) is 15.9. The number of carboxylic acid groups (broad SMARTS) is 1. The molecule has 2 aromatic carbocycles. The Hall–Kier alpha value is -3.43. The number of hydrogen-bond donors (Lipinski definition) is 2. The Morgan fingerprint density at radius 3 is 2.52 bits per heavy atom. The number of ether oxygens (including phenoxy) is 2. The van der Waals surface area contributed by atoms with Gasteiger partial charge in [-0.25, -0.2) is 0 Å². The van der Waals surface area contributed by atoms with Gasteiger partial charge in [-0.3, -0.25) is 29.5 Å². The van der Waals surface area contributed by atoms with E-state index in [-0.39, 0.29) is 13.2 Å². The van der Waals surface area contributed by atoms with Crippen molar-refractivity contribution in [2.24, 2.45) is 5.92 Å². The number of aliphatic carboxylic acids is 1. The van der Waals surface area contributed by atoms with Crippen LogP contribution in [0.4, 0.5) is 5.69 Å². The quantitative estimate of drug-likeness (QED) is 0.286. The molecule has 2 atom stereocenters. The third kappa shape index (κ3) is 8.29. The van der Waals surface area contributed by atoms with Crippen LogP contribution < -0.4 is 15.0 Å². The van der Waals surface area contributed by atoms with Crippen LogP contribution in [0.15, 0.2) is 54.6 Å². The van der Waals surface area contributed by atoms with Crippen molar-refractivity contribution in [1.82, 2.24) is 10.2 Å². The number of amides is 1. The Balaban J connectivity index is 1.28. The zero-order chi connectivity index (χ0) is 28.3. The van der Waals surface area contributed by atoms with Crippen molar-refractivity contribution in [3.05, 3.63) is 60.2 Å². The number of unbranched alkanes of at least 4 members (excludes halogenated alkanes) is 1. The van der Waals surface area contributed by atoms with Crippen molar-refractivity contribution in [2.45, 2.75) is 64.1 Å². The third-order valence-electron chi connectivity index (χ3n) is 7.70. The Labute approximate surface area is 236 Å². The minimum absolute atomic E-state index is 0.0105. The molecule has 1 fully saturated rings. The fourth-order valence-corrected chi connectivity index (χ4v) is 5.58. The van der Waals surface area contributed by atoms with E-state index in [1.54, 1.807) is 31.2 Å². The first kappa shape index (κ1) is 29.6. The molecular weight excluding hydrogens is 510 g/mol. The number of fused-ring (bicyclic) bond motifs is 1. The lowest BCUT2D eigenvalue weighted by Crippen LogP contribution is -2.54. The van der Waals surface area contributed by atoms with Gasteiger partial charge >= 0.3 is 11.9 Å². The molecule has 2 aliphatic heterocycles. The van der Waals surface area contributed by atoms with Gasteiger partial charge in [0.1, 0.15) is 31.0 Å². The second-order valence-electron chi connectivity index (χ2n) is 10.6. The lowest BCUT2D eigenvalue weighted by Gasteiger charge is -2.32. The van der Waals surface area contributed by atoms with Gasteiger partial charge in [0.05, 0.1) is 12.3 Å². The number of carbonyl (C=O) groups excluding carboxylic acids is 2. The maximum Gasteiger partial charge on any atom is 0.323 e. The average molecular weight is 552 g/mol. The Bertz CT molecular complexity index is 1120. The summed E-state index contributed by atoms with van der Waals surface area (Å²) in [4.78, 5) is 41.5. The van der Waals surface area contributed by atoms with Crippen molar-refractivity contribution >= 4 is 23.5 Å². The van der Waals surface area contributed by atoms with E-state index in [4.69, 9.17) is 9.47 Å². The molecule has 1 unspecified atom stereocenters. The first-order valence-corrected chi connectivity index (χ1v) is 14.4. The first-order valence-electron chi connectivity index (χ1n) is 14.4. The number of rotatable bonds is 13. The molecule has 4 rings (SSSR count). The number of carboxylic acids is 1. The number of nitrogens with one attached hydrogen (secondary N) is 1. The van der Waals surface area contributed by atoms with Gasteiger partial charge < -0.3 is 14.6 Å². The smallest absolute Gasteiger partial charge is 0.323 e. The van der Waals surface area contributed by atoms with Crippen LogP contribution >= 0.6 is 0 Å². The molecule has 2 N–H and O–H groups in total. The minimum atomic E-state index is -1.13. The van der Waals surface area contributed by atoms with Crippen LogP contribution in [-0.4, -0.2) is 72.8 Å². The standard InChI is InChI=1S/C31H41N3O6/c1-2-39-31(38)25(13-7-6-10-23-16-18-33(19-17-23)20-24-11-4-3-5-12-24)32-26-22-40-28-15-9-8-14-27(28)34(30(26)37)21-29(35)36/h3-5,8-9,11-12,14-15,23,25-26,32H,2,6-7,10,13,16-22H2,1H3,(H,35,36)/t25-,26?/m0/s1. The maximum atomic E-state index is 13.4. The maximum absolute atomic E-state index is 13.4. The molecule has 2 heterocycles. The lowest BCUT2D eigenvalue weighted by atomic mass is 9.90. The molecular formula is C31H41N3O6. The van der Waals surface area contributed by atoms with Crippen molar-refractivity contribution in [2.75, 3.05) is 37.7 Å². The summed E-state index contributed by atoms with van der Waals surface area (Å²) in [7, 11) is 0. The fourth-order valence-electron chi connectivity index (χ4n) is 5.58. The van der Waals surface area contributed by atoms with Crippen molar-refractivity contribution in [1.29, 1.82) is 0 Å². The number of carbonyl (C=O) groups is 3. The summed E-state index contributed by atoms with van der Waals surface area (Å²) in [6.07, 6.45) is 5.82. The molecule has 1 amide bonds. The van der Waals surface area contributed by atoms with E-state index in [0.29, 0.717) is 23.8 Å². The number of anilines is 1. The number of esters is 1. The molecule has 0 aliphatic carbocycles. The van der Waals surface area contributed by atoms with Gasteiger partial charge in [-0.15, -0.1) is 0 Å². The average Bonchev–Trinajstić information content (AvgIpc) is 3.08. The van der Waals surface area contributed by atoms with Crippen molar-refractivity contribution in [3.8, 4) is 5.75 Å². The van der Waals surface area contributed by atoms with Crippen molar-refractivity contribution < 1.29 is 29.0 Å². The number of benzene rings is 2. The highest BCUT2D eigenvalue weighted by Crippen LogP contribution is 2.31. The molecule has 216 valence electrons. The SMILES string of the molecule is CCOC(=O)[C@H](CCCCC1CCN(Cc2ccccc2)CC1)NC1COc2ccccc2N(CC(=O)O)C1=O. The van der Waals surface area contributed by atoms with E-state index < -0.39 is 36.5 Å². The van der Waals surface area contributed by atoms with Gasteiger partial charge in [0.25, 0.3) is 0 Å². The number of nitrogens with zero attached hydrogens (tertiary/aromatic N) is 2. The monoisotopic (exact) mass is 551 g/mol. The highest BCUT2D eigenvalue weighted by molar-refractivity contribution is 6.02. The van der Waals surface area contributed by atoms with E-state index in [1.807, 2.05) is 6.07 Å². The predicted octanol–water partition coefficient (Wildman–Crippen LogP) is 3.86. The van der Waals surface area contributed by atoms with E-state index >= 15 is 0 Å². The second-order valence-corrected chi connectivity index (χ2v) is 10.6. The van der Waals surface area contributed by atoms with E-state index in [2.05, 4.69) is 34.5 Å². The molecule has 9 nitrogen and oxygen atoms in total. The van der Waals surface area contributed by atoms with Gasteiger partial charge in [-0.2, -0.15) is 0 Å².